The highest BCUT2D eigenvalue weighted by molar-refractivity contribution is 6.31. The van der Waals surface area contributed by atoms with Crippen molar-refractivity contribution in [1.82, 2.24) is 0 Å². The smallest absolute Gasteiger partial charge is 0.161 e. The van der Waals surface area contributed by atoms with Gasteiger partial charge in [-0.05, 0) is 36.2 Å². The molecule has 4 heteroatoms. The Morgan fingerprint density at radius 2 is 1.60 bits per heavy atom. The summed E-state index contributed by atoms with van der Waals surface area (Å²) in [6, 6.07) is 10.9. The lowest BCUT2D eigenvalue weighted by Crippen LogP contribution is -2.04. The average molecular weight is 293 g/mol. The van der Waals surface area contributed by atoms with Crippen molar-refractivity contribution in [2.75, 3.05) is 14.2 Å². The molecule has 106 valence electrons. The van der Waals surface area contributed by atoms with Gasteiger partial charge in [-0.25, -0.2) is 0 Å². The molecule has 0 aliphatic rings. The molecule has 0 saturated carbocycles. The highest BCUT2D eigenvalue weighted by atomic mass is 35.5. The minimum absolute atomic E-state index is 0.536. The summed E-state index contributed by atoms with van der Waals surface area (Å²) in [5.41, 5.74) is 2.33. The fraction of sp³-hybridized carbons (Fsp3) is 0.250. The van der Waals surface area contributed by atoms with Crippen molar-refractivity contribution in [1.29, 1.82) is 0 Å². The fourth-order valence-electron chi connectivity index (χ4n) is 2.16. The van der Waals surface area contributed by atoms with Crippen LogP contribution in [0, 0.1) is 6.92 Å². The molecule has 2 rings (SSSR count). The first kappa shape index (κ1) is 14.7. The zero-order valence-electron chi connectivity index (χ0n) is 11.7. The van der Waals surface area contributed by atoms with Gasteiger partial charge in [-0.15, -0.1) is 0 Å². The molecule has 0 bridgehead atoms. The second-order valence-corrected chi connectivity index (χ2v) is 4.90. The van der Waals surface area contributed by atoms with Gasteiger partial charge < -0.3 is 14.6 Å². The van der Waals surface area contributed by atoms with E-state index in [1.165, 1.54) is 0 Å². The summed E-state index contributed by atoms with van der Waals surface area (Å²) >= 11 is 6.14. The molecule has 0 aromatic heterocycles. The van der Waals surface area contributed by atoms with E-state index >= 15 is 0 Å². The van der Waals surface area contributed by atoms with E-state index in [9.17, 15) is 5.11 Å². The van der Waals surface area contributed by atoms with Gasteiger partial charge in [-0.1, -0.05) is 29.8 Å². The Hall–Kier alpha value is -1.71. The molecule has 1 unspecified atom stereocenters. The number of rotatable bonds is 4. The first-order valence-electron chi connectivity index (χ1n) is 6.23. The topological polar surface area (TPSA) is 38.7 Å². The Morgan fingerprint density at radius 3 is 2.20 bits per heavy atom. The van der Waals surface area contributed by atoms with Crippen LogP contribution >= 0.6 is 11.6 Å². The first-order valence-corrected chi connectivity index (χ1v) is 6.61. The maximum Gasteiger partial charge on any atom is 0.161 e. The Balaban J connectivity index is 2.50. The van der Waals surface area contributed by atoms with Crippen molar-refractivity contribution in [3.8, 4) is 11.5 Å². The molecular weight excluding hydrogens is 276 g/mol. The van der Waals surface area contributed by atoms with Gasteiger partial charge in [-0.2, -0.15) is 0 Å². The largest absolute Gasteiger partial charge is 0.493 e. The molecule has 0 aliphatic heterocycles. The molecule has 0 aliphatic carbocycles. The standard InChI is InChI=1S/C16H17ClO3/c1-10-8-14(19-2)15(20-3)9-12(10)16(18)11-6-4-5-7-13(11)17/h4-9,16,18H,1-3H3. The number of methoxy groups -OCH3 is 2. The second-order valence-electron chi connectivity index (χ2n) is 4.49. The molecule has 1 atom stereocenters. The summed E-state index contributed by atoms with van der Waals surface area (Å²) in [7, 11) is 3.15. The van der Waals surface area contributed by atoms with Gasteiger partial charge >= 0.3 is 0 Å². The molecule has 0 radical (unpaired) electrons. The highest BCUT2D eigenvalue weighted by Gasteiger charge is 2.18. The van der Waals surface area contributed by atoms with Crippen molar-refractivity contribution in [3.05, 3.63) is 58.1 Å². The maximum atomic E-state index is 10.6. The number of aryl methyl sites for hydroxylation is 1. The van der Waals surface area contributed by atoms with Crippen LogP contribution in [0.15, 0.2) is 36.4 Å². The number of hydrogen-bond acceptors (Lipinski definition) is 3. The SMILES string of the molecule is COc1cc(C)c(C(O)c2ccccc2Cl)cc1OC. The van der Waals surface area contributed by atoms with Gasteiger partial charge in [0, 0.05) is 10.6 Å². The molecule has 2 aromatic carbocycles. The third-order valence-electron chi connectivity index (χ3n) is 3.27. The Labute approximate surface area is 123 Å². The lowest BCUT2D eigenvalue weighted by atomic mass is 9.97. The third kappa shape index (κ3) is 2.74. The molecule has 1 N–H and O–H groups in total. The maximum absolute atomic E-state index is 10.6. The summed E-state index contributed by atoms with van der Waals surface area (Å²) in [4.78, 5) is 0. The van der Waals surface area contributed by atoms with Crippen LogP contribution in [0.25, 0.3) is 0 Å². The van der Waals surface area contributed by atoms with Crippen molar-refractivity contribution in [2.24, 2.45) is 0 Å². The Morgan fingerprint density at radius 1 is 1.00 bits per heavy atom. The number of halogens is 1. The summed E-state index contributed by atoms with van der Waals surface area (Å²) < 4.78 is 10.5. The Bertz CT molecular complexity index is 611. The number of benzene rings is 2. The lowest BCUT2D eigenvalue weighted by Gasteiger charge is -2.18. The molecular formula is C16H17ClO3. The van der Waals surface area contributed by atoms with Crippen LogP contribution in [0.2, 0.25) is 5.02 Å². The van der Waals surface area contributed by atoms with Gasteiger partial charge in [0.15, 0.2) is 11.5 Å². The van der Waals surface area contributed by atoms with E-state index in [1.54, 1.807) is 26.4 Å². The van der Waals surface area contributed by atoms with Crippen LogP contribution in [0.4, 0.5) is 0 Å². The van der Waals surface area contributed by atoms with Gasteiger partial charge in [0.25, 0.3) is 0 Å². The molecule has 0 heterocycles. The van der Waals surface area contributed by atoms with E-state index in [0.29, 0.717) is 22.1 Å². The van der Waals surface area contributed by atoms with Crippen LogP contribution < -0.4 is 9.47 Å². The van der Waals surface area contributed by atoms with Crippen LogP contribution in [-0.2, 0) is 0 Å². The first-order chi connectivity index (χ1) is 9.58. The van der Waals surface area contributed by atoms with Crippen LogP contribution in [0.1, 0.15) is 22.8 Å². The number of ether oxygens (including phenoxy) is 2. The number of aliphatic hydroxyl groups excluding tert-OH is 1. The predicted octanol–water partition coefficient (Wildman–Crippen LogP) is 3.75. The molecule has 0 fully saturated rings. The molecule has 0 spiro atoms. The number of aliphatic hydroxyl groups is 1. The lowest BCUT2D eigenvalue weighted by molar-refractivity contribution is 0.218. The van der Waals surface area contributed by atoms with Crippen molar-refractivity contribution >= 4 is 11.6 Å². The molecule has 0 amide bonds. The summed E-state index contributed by atoms with van der Waals surface area (Å²) in [5, 5.41) is 11.1. The van der Waals surface area contributed by atoms with E-state index < -0.39 is 6.10 Å². The van der Waals surface area contributed by atoms with Crippen LogP contribution in [0.5, 0.6) is 11.5 Å². The zero-order chi connectivity index (χ0) is 14.7. The third-order valence-corrected chi connectivity index (χ3v) is 3.61. The summed E-state index contributed by atoms with van der Waals surface area (Å²) in [6.45, 7) is 1.91. The van der Waals surface area contributed by atoms with Gasteiger partial charge in [0.1, 0.15) is 6.10 Å². The molecule has 3 nitrogen and oxygen atoms in total. The monoisotopic (exact) mass is 292 g/mol. The average Bonchev–Trinajstić information content (AvgIpc) is 2.46. The number of hydrogen-bond donors (Lipinski definition) is 1. The predicted molar refractivity (Wildman–Crippen MR) is 79.8 cm³/mol. The van der Waals surface area contributed by atoms with Gasteiger partial charge in [0.2, 0.25) is 0 Å². The van der Waals surface area contributed by atoms with E-state index in [2.05, 4.69) is 0 Å². The summed E-state index contributed by atoms with van der Waals surface area (Å²) in [5.74, 6) is 1.22. The van der Waals surface area contributed by atoms with E-state index in [-0.39, 0.29) is 0 Å². The zero-order valence-corrected chi connectivity index (χ0v) is 12.4. The second kappa shape index (κ2) is 6.16. The fourth-order valence-corrected chi connectivity index (χ4v) is 2.39. The van der Waals surface area contributed by atoms with Crippen molar-refractivity contribution in [2.45, 2.75) is 13.0 Å². The van der Waals surface area contributed by atoms with Crippen molar-refractivity contribution in [3.63, 3.8) is 0 Å². The van der Waals surface area contributed by atoms with E-state index in [4.69, 9.17) is 21.1 Å². The molecule has 0 saturated heterocycles. The van der Waals surface area contributed by atoms with E-state index in [1.807, 2.05) is 31.2 Å². The quantitative estimate of drug-likeness (QED) is 0.933. The summed E-state index contributed by atoms with van der Waals surface area (Å²) in [6.07, 6.45) is -0.802. The van der Waals surface area contributed by atoms with Crippen LogP contribution in [0.3, 0.4) is 0 Å². The van der Waals surface area contributed by atoms with E-state index in [0.717, 1.165) is 11.1 Å². The molecule has 2 aromatic rings. The Kier molecular flexibility index (Phi) is 4.53. The molecule has 20 heavy (non-hydrogen) atoms. The normalized spacial score (nSPS) is 12.1. The van der Waals surface area contributed by atoms with Gasteiger partial charge in [0.05, 0.1) is 14.2 Å². The van der Waals surface area contributed by atoms with Crippen LogP contribution in [-0.4, -0.2) is 19.3 Å². The van der Waals surface area contributed by atoms with Gasteiger partial charge in [-0.3, -0.25) is 0 Å². The minimum atomic E-state index is -0.802. The minimum Gasteiger partial charge on any atom is -0.493 e. The highest BCUT2D eigenvalue weighted by Crippen LogP contribution is 2.36. The van der Waals surface area contributed by atoms with Crippen molar-refractivity contribution < 1.29 is 14.6 Å².